The van der Waals surface area contributed by atoms with Gasteiger partial charge in [0, 0.05) is 19.4 Å². The van der Waals surface area contributed by atoms with Crippen LogP contribution in [0, 0.1) is 0 Å². The molecule has 1 fully saturated rings. The third kappa shape index (κ3) is 3.10. The van der Waals surface area contributed by atoms with E-state index in [1.165, 1.54) is 0 Å². The van der Waals surface area contributed by atoms with E-state index in [0.717, 1.165) is 29.2 Å². The lowest BCUT2D eigenvalue weighted by Crippen LogP contribution is -2.41. The van der Waals surface area contributed by atoms with Gasteiger partial charge in [0.2, 0.25) is 12.9 Å². The van der Waals surface area contributed by atoms with E-state index in [0.29, 0.717) is 26.1 Å². The van der Waals surface area contributed by atoms with Crippen LogP contribution in [0.25, 0.3) is 0 Å². The highest BCUT2D eigenvalue weighted by atomic mass is 16.7. The van der Waals surface area contributed by atoms with Crippen molar-refractivity contribution in [3.63, 3.8) is 0 Å². The minimum atomic E-state index is -0.542. The molecule has 2 atom stereocenters. The molecule has 1 amide bonds. The minimum absolute atomic E-state index is 0.0870. The van der Waals surface area contributed by atoms with E-state index < -0.39 is 6.10 Å². The van der Waals surface area contributed by atoms with Crippen molar-refractivity contribution >= 4 is 11.6 Å². The first-order valence-corrected chi connectivity index (χ1v) is 7.76. The fourth-order valence-corrected chi connectivity index (χ4v) is 2.90. The number of carbonyl (C=O) groups is 1. The summed E-state index contributed by atoms with van der Waals surface area (Å²) in [5.41, 5.74) is 1.91. The lowest BCUT2D eigenvalue weighted by Gasteiger charge is -2.13. The number of carbonyl (C=O) groups excluding carboxylic acids is 1. The van der Waals surface area contributed by atoms with Crippen molar-refractivity contribution in [2.75, 3.05) is 20.0 Å². The van der Waals surface area contributed by atoms with Crippen LogP contribution in [0.3, 0.4) is 0 Å². The van der Waals surface area contributed by atoms with Crippen LogP contribution in [0.15, 0.2) is 23.4 Å². The van der Waals surface area contributed by atoms with E-state index in [1.807, 2.05) is 18.2 Å². The highest BCUT2D eigenvalue weighted by molar-refractivity contribution is 5.94. The minimum Gasteiger partial charge on any atom is -0.454 e. The Hall–Kier alpha value is -2.28. The van der Waals surface area contributed by atoms with Crippen molar-refractivity contribution in [3.8, 4) is 11.5 Å². The van der Waals surface area contributed by atoms with Crippen molar-refractivity contribution in [2.45, 2.75) is 31.4 Å². The summed E-state index contributed by atoms with van der Waals surface area (Å²) in [6, 6.07) is 5.88. The van der Waals surface area contributed by atoms with Gasteiger partial charge in [0.1, 0.15) is 0 Å². The molecule has 1 aromatic rings. The van der Waals surface area contributed by atoms with Crippen molar-refractivity contribution < 1.29 is 23.8 Å². The van der Waals surface area contributed by atoms with Crippen LogP contribution >= 0.6 is 0 Å². The quantitative estimate of drug-likeness (QED) is 0.896. The zero-order valence-corrected chi connectivity index (χ0v) is 12.6. The molecule has 4 rings (SSSR count). The van der Waals surface area contributed by atoms with Gasteiger partial charge in [0.05, 0.1) is 18.4 Å². The molecule has 3 heterocycles. The summed E-state index contributed by atoms with van der Waals surface area (Å²) < 4.78 is 15.9. The number of nitrogens with one attached hydrogen (secondary N) is 1. The van der Waals surface area contributed by atoms with E-state index in [2.05, 4.69) is 10.5 Å². The molecule has 1 N–H and O–H groups in total. The van der Waals surface area contributed by atoms with Gasteiger partial charge in [-0.25, -0.2) is 0 Å². The first kappa shape index (κ1) is 14.3. The average Bonchev–Trinajstić information content (AvgIpc) is 3.27. The summed E-state index contributed by atoms with van der Waals surface area (Å²) in [6.45, 7) is 1.53. The van der Waals surface area contributed by atoms with Crippen LogP contribution in [0.1, 0.15) is 18.4 Å². The number of amides is 1. The van der Waals surface area contributed by atoms with E-state index in [1.54, 1.807) is 0 Å². The number of rotatable bonds is 4. The average molecular weight is 318 g/mol. The van der Waals surface area contributed by atoms with Gasteiger partial charge in [-0.2, -0.15) is 0 Å². The Balaban J connectivity index is 1.32. The SMILES string of the molecule is O=C(NC1CCOC1)C1CC(Cc2ccc3c(c2)OCO3)=NO1. The third-order valence-corrected chi connectivity index (χ3v) is 4.14. The summed E-state index contributed by atoms with van der Waals surface area (Å²) in [4.78, 5) is 17.4. The smallest absolute Gasteiger partial charge is 0.264 e. The van der Waals surface area contributed by atoms with Crippen molar-refractivity contribution in [3.05, 3.63) is 23.8 Å². The second-order valence-corrected chi connectivity index (χ2v) is 5.89. The Morgan fingerprint density at radius 3 is 3.09 bits per heavy atom. The summed E-state index contributed by atoms with van der Waals surface area (Å²) in [6.07, 6.45) is 1.45. The molecular weight excluding hydrogens is 300 g/mol. The highest BCUT2D eigenvalue weighted by Gasteiger charge is 2.30. The lowest BCUT2D eigenvalue weighted by atomic mass is 10.0. The zero-order valence-electron chi connectivity index (χ0n) is 12.6. The van der Waals surface area contributed by atoms with Gasteiger partial charge in [-0.05, 0) is 24.1 Å². The van der Waals surface area contributed by atoms with Gasteiger partial charge in [-0.1, -0.05) is 11.2 Å². The molecule has 2 unspecified atom stereocenters. The highest BCUT2D eigenvalue weighted by Crippen LogP contribution is 2.33. The van der Waals surface area contributed by atoms with Gasteiger partial charge >= 0.3 is 0 Å². The molecule has 7 nitrogen and oxygen atoms in total. The molecule has 122 valence electrons. The predicted molar refractivity (Wildman–Crippen MR) is 80.6 cm³/mol. The number of nitrogens with zero attached hydrogens (tertiary/aromatic N) is 1. The monoisotopic (exact) mass is 318 g/mol. The fraction of sp³-hybridized carbons (Fsp3) is 0.500. The van der Waals surface area contributed by atoms with Gasteiger partial charge in [0.15, 0.2) is 11.5 Å². The van der Waals surface area contributed by atoms with Gasteiger partial charge in [0.25, 0.3) is 5.91 Å². The Morgan fingerprint density at radius 2 is 2.22 bits per heavy atom. The topological polar surface area (TPSA) is 78.4 Å². The van der Waals surface area contributed by atoms with E-state index in [4.69, 9.17) is 19.0 Å². The molecule has 0 spiro atoms. The Morgan fingerprint density at radius 1 is 1.30 bits per heavy atom. The van der Waals surface area contributed by atoms with Crippen LogP contribution in [0.2, 0.25) is 0 Å². The van der Waals surface area contributed by atoms with Crippen LogP contribution < -0.4 is 14.8 Å². The van der Waals surface area contributed by atoms with Gasteiger partial charge in [-0.15, -0.1) is 0 Å². The molecule has 7 heteroatoms. The second-order valence-electron chi connectivity index (χ2n) is 5.89. The van der Waals surface area contributed by atoms with Crippen molar-refractivity contribution in [1.29, 1.82) is 0 Å². The number of hydrogen-bond donors (Lipinski definition) is 1. The first-order valence-electron chi connectivity index (χ1n) is 7.76. The number of fused-ring (bicyclic) bond motifs is 1. The maximum atomic E-state index is 12.2. The molecule has 0 aromatic heterocycles. The molecule has 0 radical (unpaired) electrons. The molecule has 3 aliphatic rings. The molecule has 1 aromatic carbocycles. The molecule has 1 saturated heterocycles. The Labute approximate surface area is 133 Å². The molecule has 0 aliphatic carbocycles. The number of ether oxygens (including phenoxy) is 3. The third-order valence-electron chi connectivity index (χ3n) is 4.14. The van der Waals surface area contributed by atoms with Gasteiger partial charge in [-0.3, -0.25) is 4.79 Å². The van der Waals surface area contributed by atoms with Crippen molar-refractivity contribution in [1.82, 2.24) is 5.32 Å². The number of oxime groups is 1. The Bertz CT molecular complexity index is 639. The summed E-state index contributed by atoms with van der Waals surface area (Å²) >= 11 is 0. The normalized spacial score (nSPS) is 25.1. The van der Waals surface area contributed by atoms with E-state index >= 15 is 0 Å². The zero-order chi connectivity index (χ0) is 15.6. The van der Waals surface area contributed by atoms with E-state index in [9.17, 15) is 4.79 Å². The summed E-state index contributed by atoms with van der Waals surface area (Å²) in [5.74, 6) is 1.39. The largest absolute Gasteiger partial charge is 0.454 e. The molecular formula is C16H18N2O5. The number of benzene rings is 1. The maximum absolute atomic E-state index is 12.2. The molecule has 0 bridgehead atoms. The molecule has 23 heavy (non-hydrogen) atoms. The standard InChI is InChI=1S/C16H18N2O5/c19-16(17-11-3-4-20-8-11)15-7-12(18-23-15)5-10-1-2-13-14(6-10)22-9-21-13/h1-2,6,11,15H,3-5,7-9H2,(H,17,19). The Kier molecular flexibility index (Phi) is 3.78. The van der Waals surface area contributed by atoms with E-state index in [-0.39, 0.29) is 18.7 Å². The van der Waals surface area contributed by atoms with Crippen LogP contribution in [0.4, 0.5) is 0 Å². The van der Waals surface area contributed by atoms with Crippen LogP contribution in [0.5, 0.6) is 11.5 Å². The predicted octanol–water partition coefficient (Wildman–Crippen LogP) is 1.01. The first-order chi connectivity index (χ1) is 11.3. The molecule has 0 saturated carbocycles. The molecule has 3 aliphatic heterocycles. The maximum Gasteiger partial charge on any atom is 0.264 e. The van der Waals surface area contributed by atoms with Crippen LogP contribution in [-0.2, 0) is 20.8 Å². The second kappa shape index (κ2) is 6.08. The number of hydrogen-bond acceptors (Lipinski definition) is 6. The fourth-order valence-electron chi connectivity index (χ4n) is 2.90. The lowest BCUT2D eigenvalue weighted by molar-refractivity contribution is -0.131. The van der Waals surface area contributed by atoms with Gasteiger partial charge < -0.3 is 24.4 Å². The summed E-state index contributed by atoms with van der Waals surface area (Å²) in [7, 11) is 0. The summed E-state index contributed by atoms with van der Waals surface area (Å²) in [5, 5.41) is 6.99. The van der Waals surface area contributed by atoms with Crippen LogP contribution in [-0.4, -0.2) is 43.8 Å². The van der Waals surface area contributed by atoms with Crippen molar-refractivity contribution in [2.24, 2.45) is 5.16 Å².